The number of rotatable bonds is 10. The molecule has 0 aliphatic carbocycles. The van der Waals surface area contributed by atoms with Gasteiger partial charge in [-0.05, 0) is 12.0 Å². The van der Waals surface area contributed by atoms with E-state index in [4.69, 9.17) is 0 Å². The molecule has 0 aliphatic rings. The van der Waals surface area contributed by atoms with E-state index < -0.39 is 0 Å². The van der Waals surface area contributed by atoms with Crippen molar-refractivity contribution < 1.29 is 4.79 Å². The number of benzene rings is 1. The third kappa shape index (κ3) is 6.28. The molecule has 0 bridgehead atoms. The van der Waals surface area contributed by atoms with Crippen LogP contribution in [0.3, 0.4) is 0 Å². The molecule has 0 saturated carbocycles. The number of hydrogen-bond donors (Lipinski definition) is 1. The van der Waals surface area contributed by atoms with Gasteiger partial charge in [0.05, 0.1) is 6.54 Å². The normalized spacial score (nSPS) is 10.6. The molecule has 1 amide bonds. The maximum Gasteiger partial charge on any atom is 0.239 e. The van der Waals surface area contributed by atoms with Crippen LogP contribution in [0.15, 0.2) is 30.3 Å². The van der Waals surface area contributed by atoms with Gasteiger partial charge in [0.25, 0.3) is 0 Å². The van der Waals surface area contributed by atoms with Crippen molar-refractivity contribution in [3.8, 4) is 0 Å². The van der Waals surface area contributed by atoms with Crippen LogP contribution in [0.5, 0.6) is 0 Å². The Kier molecular flexibility index (Phi) is 7.68. The quantitative estimate of drug-likeness (QED) is 0.671. The number of unbranched alkanes of at least 4 members (excludes halogenated alkanes) is 3. The summed E-state index contributed by atoms with van der Waals surface area (Å²) < 4.78 is 4.39. The van der Waals surface area contributed by atoms with Gasteiger partial charge in [-0.15, -0.1) is 0 Å². The van der Waals surface area contributed by atoms with Crippen molar-refractivity contribution in [3.05, 3.63) is 41.7 Å². The first kappa shape index (κ1) is 18.4. The zero-order chi connectivity index (χ0) is 17.2. The lowest BCUT2D eigenvalue weighted by atomic mass is 10.1. The third-order valence-corrected chi connectivity index (χ3v) is 4.59. The number of anilines is 1. The molecule has 0 radical (unpaired) electrons. The van der Waals surface area contributed by atoms with Gasteiger partial charge in [-0.25, -0.2) is 4.98 Å². The predicted octanol–water partition coefficient (Wildman–Crippen LogP) is 3.26. The highest BCUT2D eigenvalue weighted by atomic mass is 32.1. The van der Waals surface area contributed by atoms with E-state index in [0.717, 1.165) is 30.3 Å². The summed E-state index contributed by atoms with van der Waals surface area (Å²) in [5.74, 6) is 0.835. The highest BCUT2D eigenvalue weighted by molar-refractivity contribution is 7.09. The summed E-state index contributed by atoms with van der Waals surface area (Å²) in [7, 11) is 1.88. The lowest BCUT2D eigenvalue weighted by Crippen LogP contribution is -2.35. The average Bonchev–Trinajstić information content (AvgIpc) is 3.04. The van der Waals surface area contributed by atoms with E-state index in [-0.39, 0.29) is 5.91 Å². The molecule has 0 spiro atoms. The molecular formula is C18H26N4OS. The third-order valence-electron chi connectivity index (χ3n) is 3.72. The Morgan fingerprint density at radius 2 is 2.00 bits per heavy atom. The van der Waals surface area contributed by atoms with Gasteiger partial charge in [-0.1, -0.05) is 56.5 Å². The molecule has 1 aromatic carbocycles. The van der Waals surface area contributed by atoms with Gasteiger partial charge in [0, 0.05) is 31.5 Å². The highest BCUT2D eigenvalue weighted by Gasteiger charge is 2.12. The number of hydrogen-bond acceptors (Lipinski definition) is 5. The number of carbonyl (C=O) groups is 1. The highest BCUT2D eigenvalue weighted by Crippen LogP contribution is 2.17. The van der Waals surface area contributed by atoms with E-state index in [1.807, 2.05) is 30.1 Å². The lowest BCUT2D eigenvalue weighted by molar-refractivity contribution is -0.119. The zero-order valence-corrected chi connectivity index (χ0v) is 15.3. The van der Waals surface area contributed by atoms with Crippen molar-refractivity contribution in [2.24, 2.45) is 0 Å². The molecule has 0 atom stereocenters. The van der Waals surface area contributed by atoms with Crippen molar-refractivity contribution >= 4 is 22.6 Å². The largest absolute Gasteiger partial charge is 0.355 e. The first-order valence-corrected chi connectivity index (χ1v) is 9.30. The summed E-state index contributed by atoms with van der Waals surface area (Å²) in [5.41, 5.74) is 1.19. The second kappa shape index (κ2) is 10.0. The van der Waals surface area contributed by atoms with Crippen LogP contribution in [0.4, 0.5) is 5.13 Å². The summed E-state index contributed by atoms with van der Waals surface area (Å²) in [4.78, 5) is 18.3. The van der Waals surface area contributed by atoms with E-state index in [9.17, 15) is 4.79 Å². The Hall–Kier alpha value is -1.95. The van der Waals surface area contributed by atoms with Crippen LogP contribution in [0.2, 0.25) is 0 Å². The maximum atomic E-state index is 12.0. The summed E-state index contributed by atoms with van der Waals surface area (Å²) in [6.07, 6.45) is 5.37. The van der Waals surface area contributed by atoms with Crippen LogP contribution < -0.4 is 10.2 Å². The summed E-state index contributed by atoms with van der Waals surface area (Å²) in [6, 6.07) is 10.2. The van der Waals surface area contributed by atoms with Crippen molar-refractivity contribution in [1.29, 1.82) is 0 Å². The van der Waals surface area contributed by atoms with Gasteiger partial charge in [0.15, 0.2) is 0 Å². The first-order chi connectivity index (χ1) is 11.7. The molecule has 24 heavy (non-hydrogen) atoms. The molecular weight excluding hydrogens is 320 g/mol. The van der Waals surface area contributed by atoms with Crippen LogP contribution in [0, 0.1) is 0 Å². The minimum absolute atomic E-state index is 0.0359. The van der Waals surface area contributed by atoms with Crippen molar-refractivity contribution in [2.45, 2.75) is 39.0 Å². The fourth-order valence-electron chi connectivity index (χ4n) is 2.37. The molecule has 1 heterocycles. The van der Waals surface area contributed by atoms with Gasteiger partial charge in [0.2, 0.25) is 11.0 Å². The van der Waals surface area contributed by atoms with Gasteiger partial charge < -0.3 is 10.2 Å². The SMILES string of the molecule is CCCCCCNC(=O)CN(C)c1nc(Cc2ccccc2)ns1. The van der Waals surface area contributed by atoms with Crippen molar-refractivity contribution in [3.63, 3.8) is 0 Å². The number of aromatic nitrogens is 2. The zero-order valence-electron chi connectivity index (χ0n) is 14.5. The van der Waals surface area contributed by atoms with E-state index in [2.05, 4.69) is 33.7 Å². The lowest BCUT2D eigenvalue weighted by Gasteiger charge is -2.14. The molecule has 0 saturated heterocycles. The Bertz CT molecular complexity index is 614. The molecule has 5 nitrogen and oxygen atoms in total. The Labute approximate surface area is 148 Å². The smallest absolute Gasteiger partial charge is 0.239 e. The van der Waals surface area contributed by atoms with Gasteiger partial charge in [-0.2, -0.15) is 4.37 Å². The summed E-state index contributed by atoms with van der Waals surface area (Å²) in [6.45, 7) is 3.25. The van der Waals surface area contributed by atoms with Crippen LogP contribution in [-0.4, -0.2) is 35.4 Å². The minimum atomic E-state index is 0.0359. The van der Waals surface area contributed by atoms with E-state index in [1.165, 1.54) is 36.4 Å². The Balaban J connectivity index is 1.76. The molecule has 130 valence electrons. The number of amides is 1. The second-order valence-electron chi connectivity index (χ2n) is 5.92. The van der Waals surface area contributed by atoms with Crippen LogP contribution in [0.25, 0.3) is 0 Å². The van der Waals surface area contributed by atoms with Crippen LogP contribution >= 0.6 is 11.5 Å². The van der Waals surface area contributed by atoms with Gasteiger partial charge in [0.1, 0.15) is 5.82 Å². The first-order valence-electron chi connectivity index (χ1n) is 8.53. The minimum Gasteiger partial charge on any atom is -0.355 e. The number of carbonyl (C=O) groups excluding carboxylic acids is 1. The van der Waals surface area contributed by atoms with Gasteiger partial charge in [-0.3, -0.25) is 4.79 Å². The van der Waals surface area contributed by atoms with E-state index in [0.29, 0.717) is 6.54 Å². The molecule has 2 rings (SSSR count). The fraction of sp³-hybridized carbons (Fsp3) is 0.500. The van der Waals surface area contributed by atoms with Crippen molar-refractivity contribution in [1.82, 2.24) is 14.7 Å². The molecule has 0 fully saturated rings. The monoisotopic (exact) mass is 346 g/mol. The van der Waals surface area contributed by atoms with Crippen LogP contribution in [-0.2, 0) is 11.2 Å². The molecule has 6 heteroatoms. The van der Waals surface area contributed by atoms with E-state index in [1.54, 1.807) is 0 Å². The van der Waals surface area contributed by atoms with E-state index >= 15 is 0 Å². The van der Waals surface area contributed by atoms with Crippen molar-refractivity contribution in [2.75, 3.05) is 25.0 Å². The molecule has 1 N–H and O–H groups in total. The number of nitrogens with one attached hydrogen (secondary N) is 1. The fourth-order valence-corrected chi connectivity index (χ4v) is 3.01. The molecule has 0 unspecified atom stereocenters. The maximum absolute atomic E-state index is 12.0. The summed E-state index contributed by atoms with van der Waals surface area (Å²) >= 11 is 1.34. The molecule has 1 aromatic heterocycles. The second-order valence-corrected chi connectivity index (χ2v) is 6.65. The standard InChI is InChI=1S/C18H26N4OS/c1-3-4-5-9-12-19-17(23)14-22(2)18-20-16(21-24-18)13-15-10-7-6-8-11-15/h6-8,10-11H,3-5,9,12-14H2,1-2H3,(H,19,23). The molecule has 0 aliphatic heterocycles. The summed E-state index contributed by atoms with van der Waals surface area (Å²) in [5, 5.41) is 3.74. The average molecular weight is 346 g/mol. The Morgan fingerprint density at radius 3 is 2.75 bits per heavy atom. The van der Waals surface area contributed by atoms with Gasteiger partial charge >= 0.3 is 0 Å². The Morgan fingerprint density at radius 1 is 1.21 bits per heavy atom. The van der Waals surface area contributed by atoms with Crippen LogP contribution in [0.1, 0.15) is 44.0 Å². The topological polar surface area (TPSA) is 58.1 Å². The predicted molar refractivity (Wildman–Crippen MR) is 99.6 cm³/mol. The molecule has 2 aromatic rings. The number of likely N-dealkylation sites (N-methyl/N-ethyl adjacent to an activating group) is 1. The number of nitrogens with zero attached hydrogens (tertiary/aromatic N) is 3.